The number of benzene rings is 2. The van der Waals surface area contributed by atoms with E-state index in [2.05, 4.69) is 67.0 Å². The van der Waals surface area contributed by atoms with Crippen molar-refractivity contribution in [1.82, 2.24) is 0 Å². The Morgan fingerprint density at radius 1 is 0.760 bits per heavy atom. The third-order valence-corrected chi connectivity index (χ3v) is 4.54. The van der Waals surface area contributed by atoms with Gasteiger partial charge < -0.3 is 0 Å². The number of hydrogen-bond donors (Lipinski definition) is 0. The highest BCUT2D eigenvalue weighted by molar-refractivity contribution is 5.82. The summed E-state index contributed by atoms with van der Waals surface area (Å²) in [5, 5.41) is 0. The van der Waals surface area contributed by atoms with Gasteiger partial charge in [-0.3, -0.25) is 4.99 Å². The standard InChI is InChI=1S/C24H31N/c1-3-5-6-7-8-9-10-11-22-16-18-24(19-17-22)25-20-23-14-12-21(4-2)13-15-23/h4,12-20H,2-3,5-11H2,1H3. The average molecular weight is 334 g/mol. The smallest absolute Gasteiger partial charge is 0.0630 e. The SMILES string of the molecule is C=Cc1ccc(C=Nc2ccc(CCCCCCCCC)cc2)cc1. The van der Waals surface area contributed by atoms with Crippen LogP contribution in [0.15, 0.2) is 60.1 Å². The van der Waals surface area contributed by atoms with E-state index in [0.29, 0.717) is 0 Å². The van der Waals surface area contributed by atoms with Gasteiger partial charge in [0.15, 0.2) is 0 Å². The highest BCUT2D eigenvalue weighted by Crippen LogP contribution is 2.16. The monoisotopic (exact) mass is 333 g/mol. The van der Waals surface area contributed by atoms with E-state index in [4.69, 9.17) is 0 Å². The summed E-state index contributed by atoms with van der Waals surface area (Å²) in [6, 6.07) is 16.9. The quantitative estimate of drug-likeness (QED) is 0.300. The fraction of sp³-hybridized carbons (Fsp3) is 0.375. The van der Waals surface area contributed by atoms with Crippen LogP contribution in [0.1, 0.15) is 68.6 Å². The summed E-state index contributed by atoms with van der Waals surface area (Å²) in [6.45, 7) is 6.04. The molecule has 0 N–H and O–H groups in total. The molecule has 0 aliphatic rings. The van der Waals surface area contributed by atoms with E-state index >= 15 is 0 Å². The van der Waals surface area contributed by atoms with E-state index in [0.717, 1.165) is 16.8 Å². The van der Waals surface area contributed by atoms with Gasteiger partial charge in [-0.05, 0) is 41.7 Å². The molecule has 0 amide bonds. The second-order valence-corrected chi connectivity index (χ2v) is 6.67. The molecule has 0 heterocycles. The first kappa shape index (κ1) is 19.2. The minimum Gasteiger partial charge on any atom is -0.256 e. The Kier molecular flexibility index (Phi) is 8.75. The lowest BCUT2D eigenvalue weighted by Crippen LogP contribution is -1.86. The van der Waals surface area contributed by atoms with Crippen LogP contribution in [0.5, 0.6) is 0 Å². The predicted molar refractivity (Wildman–Crippen MR) is 112 cm³/mol. The topological polar surface area (TPSA) is 12.4 Å². The highest BCUT2D eigenvalue weighted by atomic mass is 14.7. The minimum atomic E-state index is 1.01. The van der Waals surface area contributed by atoms with Crippen molar-refractivity contribution in [1.29, 1.82) is 0 Å². The van der Waals surface area contributed by atoms with Crippen LogP contribution < -0.4 is 0 Å². The van der Waals surface area contributed by atoms with Crippen LogP contribution in [0.25, 0.3) is 6.08 Å². The van der Waals surface area contributed by atoms with Gasteiger partial charge in [0.1, 0.15) is 0 Å². The van der Waals surface area contributed by atoms with Crippen molar-refractivity contribution in [2.75, 3.05) is 0 Å². The maximum Gasteiger partial charge on any atom is 0.0630 e. The molecule has 0 bridgehead atoms. The zero-order chi connectivity index (χ0) is 17.7. The van der Waals surface area contributed by atoms with E-state index in [1.165, 1.54) is 56.9 Å². The molecule has 1 nitrogen and oxygen atoms in total. The average Bonchev–Trinajstić information content (AvgIpc) is 2.67. The van der Waals surface area contributed by atoms with E-state index in [-0.39, 0.29) is 0 Å². The zero-order valence-corrected chi connectivity index (χ0v) is 15.6. The molecule has 0 saturated carbocycles. The van der Waals surface area contributed by atoms with Gasteiger partial charge in [0.2, 0.25) is 0 Å². The van der Waals surface area contributed by atoms with Crippen LogP contribution in [0.2, 0.25) is 0 Å². The lowest BCUT2D eigenvalue weighted by Gasteiger charge is -2.03. The molecule has 0 aromatic heterocycles. The van der Waals surface area contributed by atoms with Crippen LogP contribution in [0, 0.1) is 0 Å². The van der Waals surface area contributed by atoms with E-state index in [9.17, 15) is 0 Å². The van der Waals surface area contributed by atoms with Crippen molar-refractivity contribution in [3.63, 3.8) is 0 Å². The van der Waals surface area contributed by atoms with Crippen molar-refractivity contribution < 1.29 is 0 Å². The van der Waals surface area contributed by atoms with Gasteiger partial charge >= 0.3 is 0 Å². The number of aryl methyl sites for hydroxylation is 1. The molecule has 0 unspecified atom stereocenters. The van der Waals surface area contributed by atoms with Gasteiger partial charge in [0, 0.05) is 6.21 Å². The first-order valence-corrected chi connectivity index (χ1v) is 9.67. The molecule has 0 atom stereocenters. The number of aliphatic imine (C=N–C) groups is 1. The van der Waals surface area contributed by atoms with Crippen LogP contribution in [-0.2, 0) is 6.42 Å². The fourth-order valence-corrected chi connectivity index (χ4v) is 2.90. The molecule has 1 heteroatoms. The Balaban J connectivity index is 1.73. The van der Waals surface area contributed by atoms with Crippen molar-refractivity contribution in [2.45, 2.75) is 58.3 Å². The summed E-state index contributed by atoms with van der Waals surface area (Å²) in [4.78, 5) is 4.56. The van der Waals surface area contributed by atoms with Gasteiger partial charge in [-0.15, -0.1) is 0 Å². The lowest BCUT2D eigenvalue weighted by molar-refractivity contribution is 0.589. The second kappa shape index (κ2) is 11.4. The molecule has 2 rings (SSSR count). The van der Waals surface area contributed by atoms with Gasteiger partial charge in [0.05, 0.1) is 5.69 Å². The Morgan fingerprint density at radius 3 is 2.00 bits per heavy atom. The maximum atomic E-state index is 4.56. The molecule has 0 fully saturated rings. The first-order valence-electron chi connectivity index (χ1n) is 9.67. The van der Waals surface area contributed by atoms with Gasteiger partial charge in [-0.1, -0.05) is 94.5 Å². The number of hydrogen-bond acceptors (Lipinski definition) is 1. The third-order valence-electron chi connectivity index (χ3n) is 4.54. The van der Waals surface area contributed by atoms with Crippen molar-refractivity contribution in [3.8, 4) is 0 Å². The Hall–Kier alpha value is -2.15. The summed E-state index contributed by atoms with van der Waals surface area (Å²) < 4.78 is 0. The van der Waals surface area contributed by atoms with E-state index < -0.39 is 0 Å². The lowest BCUT2D eigenvalue weighted by atomic mass is 10.0. The molecule has 132 valence electrons. The summed E-state index contributed by atoms with van der Waals surface area (Å²) in [5.74, 6) is 0. The van der Waals surface area contributed by atoms with E-state index in [1.54, 1.807) is 0 Å². The highest BCUT2D eigenvalue weighted by Gasteiger charge is 1.96. The van der Waals surface area contributed by atoms with Crippen molar-refractivity contribution >= 4 is 18.0 Å². The summed E-state index contributed by atoms with van der Waals surface area (Å²) in [6.07, 6.45) is 14.5. The first-order chi connectivity index (χ1) is 12.3. The Morgan fingerprint density at radius 2 is 1.36 bits per heavy atom. The molecular formula is C24H31N. The fourth-order valence-electron chi connectivity index (χ4n) is 2.90. The maximum absolute atomic E-state index is 4.56. The molecule has 2 aromatic rings. The molecule has 2 aromatic carbocycles. The van der Waals surface area contributed by atoms with Crippen LogP contribution in [-0.4, -0.2) is 6.21 Å². The normalized spacial score (nSPS) is 11.1. The number of unbranched alkanes of at least 4 members (excludes halogenated alkanes) is 6. The minimum absolute atomic E-state index is 1.01. The predicted octanol–water partition coefficient (Wildman–Crippen LogP) is 7.37. The Bertz CT molecular complexity index is 635. The molecule has 25 heavy (non-hydrogen) atoms. The Labute approximate surface area is 153 Å². The van der Waals surface area contributed by atoms with Crippen LogP contribution in [0.4, 0.5) is 5.69 Å². The molecule has 0 aliphatic heterocycles. The molecule has 0 radical (unpaired) electrons. The van der Waals surface area contributed by atoms with E-state index in [1.807, 2.05) is 12.3 Å². The second-order valence-electron chi connectivity index (χ2n) is 6.67. The van der Waals surface area contributed by atoms with Crippen LogP contribution >= 0.6 is 0 Å². The summed E-state index contributed by atoms with van der Waals surface area (Å²) in [7, 11) is 0. The largest absolute Gasteiger partial charge is 0.256 e. The third kappa shape index (κ3) is 7.51. The molecule has 0 aliphatic carbocycles. The van der Waals surface area contributed by atoms with Gasteiger partial charge in [0.25, 0.3) is 0 Å². The number of rotatable bonds is 11. The number of nitrogens with zero attached hydrogens (tertiary/aromatic N) is 1. The summed E-state index contributed by atoms with van der Waals surface area (Å²) in [5.41, 5.74) is 4.67. The van der Waals surface area contributed by atoms with Crippen LogP contribution in [0.3, 0.4) is 0 Å². The molecular weight excluding hydrogens is 302 g/mol. The zero-order valence-electron chi connectivity index (χ0n) is 15.6. The van der Waals surface area contributed by atoms with Crippen molar-refractivity contribution in [2.24, 2.45) is 4.99 Å². The molecule has 0 saturated heterocycles. The van der Waals surface area contributed by atoms with Gasteiger partial charge in [-0.25, -0.2) is 0 Å². The van der Waals surface area contributed by atoms with Gasteiger partial charge in [-0.2, -0.15) is 0 Å². The summed E-state index contributed by atoms with van der Waals surface area (Å²) >= 11 is 0. The van der Waals surface area contributed by atoms with Crippen molar-refractivity contribution in [3.05, 3.63) is 71.8 Å². The molecule has 0 spiro atoms.